The van der Waals surface area contributed by atoms with Gasteiger partial charge in [0.15, 0.2) is 11.5 Å². The molecular formula is C18H12N4S2. The van der Waals surface area contributed by atoms with Gasteiger partial charge in [-0.25, -0.2) is 15.0 Å². The van der Waals surface area contributed by atoms with Gasteiger partial charge in [0.25, 0.3) is 0 Å². The van der Waals surface area contributed by atoms with Crippen molar-refractivity contribution in [2.24, 2.45) is 0 Å². The Labute approximate surface area is 148 Å². The van der Waals surface area contributed by atoms with Gasteiger partial charge in [-0.1, -0.05) is 54.9 Å². The van der Waals surface area contributed by atoms with E-state index >= 15 is 0 Å². The molecular weight excluding hydrogens is 336 g/mol. The average molecular weight is 348 g/mol. The number of imidazole rings is 1. The Balaban J connectivity index is 1.68. The van der Waals surface area contributed by atoms with E-state index in [4.69, 9.17) is 0 Å². The van der Waals surface area contributed by atoms with Crippen LogP contribution in [0.25, 0.3) is 22.6 Å². The Hall–Kier alpha value is -2.31. The molecule has 2 aromatic heterocycles. The van der Waals surface area contributed by atoms with Crippen molar-refractivity contribution in [1.82, 2.24) is 18.9 Å². The second kappa shape index (κ2) is 5.36. The highest BCUT2D eigenvalue weighted by Crippen LogP contribution is 2.42. The molecule has 0 saturated carbocycles. The maximum Gasteiger partial charge on any atom is 0.173 e. The third kappa shape index (κ3) is 2.14. The van der Waals surface area contributed by atoms with E-state index in [0.717, 1.165) is 29.0 Å². The zero-order valence-electron chi connectivity index (χ0n) is 12.5. The summed E-state index contributed by atoms with van der Waals surface area (Å²) in [6.45, 7) is 0. The van der Waals surface area contributed by atoms with E-state index in [0.29, 0.717) is 0 Å². The van der Waals surface area contributed by atoms with Crippen LogP contribution in [-0.2, 0) is 6.42 Å². The van der Waals surface area contributed by atoms with E-state index in [1.165, 1.54) is 20.9 Å². The summed E-state index contributed by atoms with van der Waals surface area (Å²) in [5.74, 6) is 0.718. The summed E-state index contributed by atoms with van der Waals surface area (Å²) in [5.41, 5.74) is 5.18. The zero-order chi connectivity index (χ0) is 16.1. The minimum absolute atomic E-state index is 0.718. The second-order valence-electron chi connectivity index (χ2n) is 5.66. The molecule has 5 rings (SSSR count). The molecule has 0 N–H and O–H groups in total. The maximum atomic E-state index is 4.67. The van der Waals surface area contributed by atoms with Crippen molar-refractivity contribution in [3.63, 3.8) is 0 Å². The molecule has 0 atom stereocenters. The number of rotatable bonds is 1. The largest absolute Gasteiger partial charge is 0.259 e. The van der Waals surface area contributed by atoms with Gasteiger partial charge in [-0.05, 0) is 23.3 Å². The summed E-state index contributed by atoms with van der Waals surface area (Å²) in [4.78, 5) is 16.0. The molecule has 0 aliphatic carbocycles. The quantitative estimate of drug-likeness (QED) is 0.460. The summed E-state index contributed by atoms with van der Waals surface area (Å²) >= 11 is 6.17. The van der Waals surface area contributed by atoms with Gasteiger partial charge in [0.2, 0.25) is 0 Å². The van der Waals surface area contributed by atoms with Crippen LogP contribution >= 0.6 is 24.6 Å². The lowest BCUT2D eigenvalue weighted by Crippen LogP contribution is -2.03. The SMILES string of the molecule is Sn1cnc2cnc(-c3cccc4c3Cc3ccccc3S4)nc21. The van der Waals surface area contributed by atoms with E-state index in [9.17, 15) is 0 Å². The number of thiol groups is 1. The Bertz CT molecular complexity index is 1090. The van der Waals surface area contributed by atoms with Gasteiger partial charge in [-0.15, -0.1) is 0 Å². The Kier molecular flexibility index (Phi) is 3.14. The van der Waals surface area contributed by atoms with Crippen LogP contribution < -0.4 is 0 Å². The number of hydrogen-bond acceptors (Lipinski definition) is 5. The summed E-state index contributed by atoms with van der Waals surface area (Å²) in [7, 11) is 0. The summed E-state index contributed by atoms with van der Waals surface area (Å²) in [5, 5.41) is 0. The van der Waals surface area contributed by atoms with E-state index in [-0.39, 0.29) is 0 Å². The monoisotopic (exact) mass is 348 g/mol. The molecule has 1 aliphatic heterocycles. The minimum Gasteiger partial charge on any atom is -0.259 e. The molecule has 6 heteroatoms. The van der Waals surface area contributed by atoms with Crippen LogP contribution in [0.5, 0.6) is 0 Å². The molecule has 0 radical (unpaired) electrons. The molecule has 3 heterocycles. The molecule has 24 heavy (non-hydrogen) atoms. The fourth-order valence-corrected chi connectivity index (χ4v) is 4.34. The number of hydrogen-bond donors (Lipinski definition) is 1. The Morgan fingerprint density at radius 3 is 2.83 bits per heavy atom. The van der Waals surface area contributed by atoms with E-state index < -0.39 is 0 Å². The van der Waals surface area contributed by atoms with Gasteiger partial charge >= 0.3 is 0 Å². The lowest BCUT2D eigenvalue weighted by molar-refractivity contribution is 1.05. The maximum absolute atomic E-state index is 4.67. The fraction of sp³-hybridized carbons (Fsp3) is 0.0556. The van der Waals surface area contributed by atoms with Crippen molar-refractivity contribution < 1.29 is 0 Å². The average Bonchev–Trinajstić information content (AvgIpc) is 3.00. The number of benzene rings is 2. The van der Waals surface area contributed by atoms with Crippen LogP contribution in [0.1, 0.15) is 11.1 Å². The molecule has 0 unspecified atom stereocenters. The van der Waals surface area contributed by atoms with E-state index in [1.54, 1.807) is 16.5 Å². The highest BCUT2D eigenvalue weighted by molar-refractivity contribution is 7.99. The van der Waals surface area contributed by atoms with Crippen molar-refractivity contribution >= 4 is 35.7 Å². The van der Waals surface area contributed by atoms with Crippen molar-refractivity contribution in [2.75, 3.05) is 0 Å². The predicted octanol–water partition coefficient (Wildman–Crippen LogP) is 4.24. The zero-order valence-corrected chi connectivity index (χ0v) is 14.3. The first-order valence-electron chi connectivity index (χ1n) is 7.57. The Morgan fingerprint density at radius 1 is 1.00 bits per heavy atom. The summed E-state index contributed by atoms with van der Waals surface area (Å²) in [6, 6.07) is 14.9. The molecule has 4 aromatic rings. The third-order valence-electron chi connectivity index (χ3n) is 4.21. The second-order valence-corrected chi connectivity index (χ2v) is 7.18. The molecule has 4 nitrogen and oxygen atoms in total. The van der Waals surface area contributed by atoms with Crippen LogP contribution in [0.15, 0.2) is 64.8 Å². The van der Waals surface area contributed by atoms with E-state index in [2.05, 4.69) is 70.2 Å². The molecule has 0 fully saturated rings. The number of nitrogens with zero attached hydrogens (tertiary/aromatic N) is 4. The first-order chi connectivity index (χ1) is 11.8. The number of aromatic nitrogens is 4. The van der Waals surface area contributed by atoms with Crippen LogP contribution in [-0.4, -0.2) is 18.9 Å². The normalized spacial score (nSPS) is 12.9. The van der Waals surface area contributed by atoms with Crippen LogP contribution in [0.2, 0.25) is 0 Å². The van der Waals surface area contributed by atoms with Crippen molar-refractivity contribution in [3.05, 3.63) is 66.1 Å². The van der Waals surface area contributed by atoms with Crippen LogP contribution in [0.3, 0.4) is 0 Å². The smallest absolute Gasteiger partial charge is 0.173 e. The first-order valence-corrected chi connectivity index (χ1v) is 8.78. The minimum atomic E-state index is 0.718. The van der Waals surface area contributed by atoms with Gasteiger partial charge in [0.1, 0.15) is 11.8 Å². The van der Waals surface area contributed by atoms with Gasteiger partial charge in [0.05, 0.1) is 6.20 Å². The lowest BCUT2D eigenvalue weighted by Gasteiger charge is -2.21. The molecule has 0 bridgehead atoms. The summed E-state index contributed by atoms with van der Waals surface area (Å²) < 4.78 is 1.62. The highest BCUT2D eigenvalue weighted by atomic mass is 32.2. The fourth-order valence-electron chi connectivity index (χ4n) is 3.04. The molecule has 0 spiro atoms. The van der Waals surface area contributed by atoms with E-state index in [1.807, 2.05) is 11.8 Å². The topological polar surface area (TPSA) is 43.6 Å². The molecule has 1 aliphatic rings. The van der Waals surface area contributed by atoms with Gasteiger partial charge < -0.3 is 0 Å². The predicted molar refractivity (Wildman–Crippen MR) is 98.5 cm³/mol. The Morgan fingerprint density at radius 2 is 1.88 bits per heavy atom. The lowest BCUT2D eigenvalue weighted by atomic mass is 9.98. The molecule has 0 amide bonds. The van der Waals surface area contributed by atoms with Crippen molar-refractivity contribution in [1.29, 1.82) is 0 Å². The number of fused-ring (bicyclic) bond motifs is 3. The van der Waals surface area contributed by atoms with Gasteiger partial charge in [0, 0.05) is 21.8 Å². The van der Waals surface area contributed by atoms with Gasteiger partial charge in [-0.2, -0.15) is 0 Å². The van der Waals surface area contributed by atoms with Crippen molar-refractivity contribution in [2.45, 2.75) is 16.2 Å². The van der Waals surface area contributed by atoms with Crippen LogP contribution in [0, 0.1) is 0 Å². The first kappa shape index (κ1) is 14.1. The summed E-state index contributed by atoms with van der Waals surface area (Å²) in [6.07, 6.45) is 4.29. The molecule has 0 saturated heterocycles. The molecule has 116 valence electrons. The standard InChI is InChI=1S/C18H12N4S2/c23-22-10-20-14-9-19-17(21-18(14)22)12-5-3-7-16-13(12)8-11-4-1-2-6-15(11)24-16/h1-7,9-10,23H,8H2. The highest BCUT2D eigenvalue weighted by Gasteiger charge is 2.20. The van der Waals surface area contributed by atoms with Crippen molar-refractivity contribution in [3.8, 4) is 11.4 Å². The molecule has 2 aromatic carbocycles. The van der Waals surface area contributed by atoms with Gasteiger partial charge in [-0.3, -0.25) is 3.97 Å². The van der Waals surface area contributed by atoms with Crippen LogP contribution in [0.4, 0.5) is 0 Å². The third-order valence-corrected chi connectivity index (χ3v) is 5.72.